The third kappa shape index (κ3) is 3.49. The van der Waals surface area contributed by atoms with Crippen molar-refractivity contribution in [3.8, 4) is 5.75 Å². The maximum atomic E-state index is 13.2. The van der Waals surface area contributed by atoms with Crippen molar-refractivity contribution < 1.29 is 13.2 Å². The summed E-state index contributed by atoms with van der Waals surface area (Å²) < 4.78 is 33.4. The van der Waals surface area contributed by atoms with Gasteiger partial charge in [-0.25, -0.2) is 8.42 Å². The summed E-state index contributed by atoms with van der Waals surface area (Å²) in [6.07, 6.45) is 0. The van der Waals surface area contributed by atoms with Crippen molar-refractivity contribution in [3.63, 3.8) is 0 Å². The number of para-hydroxylation sites is 1. The average molecular weight is 375 g/mol. The normalized spacial score (nSPS) is 19.5. The van der Waals surface area contributed by atoms with Crippen LogP contribution in [0.2, 0.25) is 0 Å². The van der Waals surface area contributed by atoms with E-state index in [4.69, 9.17) is 4.74 Å². The molecule has 1 aliphatic rings. The maximum absolute atomic E-state index is 13.2. The lowest BCUT2D eigenvalue weighted by molar-refractivity contribution is 0.146. The van der Waals surface area contributed by atoms with Crippen LogP contribution in [0.3, 0.4) is 0 Å². The van der Waals surface area contributed by atoms with Crippen molar-refractivity contribution in [3.05, 3.63) is 59.2 Å². The summed E-state index contributed by atoms with van der Waals surface area (Å²) in [5.41, 5.74) is 3.09. The highest BCUT2D eigenvalue weighted by Gasteiger charge is 2.34. The Morgan fingerprint density at radius 2 is 1.77 bits per heavy atom. The molecular weight excluding hydrogens is 348 g/mol. The number of likely N-dealkylation sites (N-methyl/N-ethyl adjacent to an activating group) is 1. The lowest BCUT2D eigenvalue weighted by atomic mass is 10.0. The Balaban J connectivity index is 1.93. The van der Waals surface area contributed by atoms with E-state index in [1.54, 1.807) is 23.5 Å². The Hall–Kier alpha value is -1.89. The summed E-state index contributed by atoms with van der Waals surface area (Å²) in [4.78, 5) is 2.55. The van der Waals surface area contributed by atoms with Crippen LogP contribution in [-0.2, 0) is 10.0 Å². The minimum absolute atomic E-state index is 0.0405. The van der Waals surface area contributed by atoms with Gasteiger partial charge in [0.1, 0.15) is 5.75 Å². The molecule has 2 aromatic rings. The van der Waals surface area contributed by atoms with Crippen molar-refractivity contribution in [2.24, 2.45) is 0 Å². The van der Waals surface area contributed by atoms with E-state index in [1.807, 2.05) is 51.2 Å². The zero-order chi connectivity index (χ0) is 18.9. The molecule has 0 aromatic heterocycles. The molecule has 1 aliphatic heterocycles. The molecule has 1 saturated heterocycles. The van der Waals surface area contributed by atoms with Gasteiger partial charge in [-0.05, 0) is 50.2 Å². The first-order valence-electron chi connectivity index (χ1n) is 8.75. The van der Waals surface area contributed by atoms with Crippen molar-refractivity contribution in [2.45, 2.75) is 24.8 Å². The summed E-state index contributed by atoms with van der Waals surface area (Å²) >= 11 is 0. The fourth-order valence-corrected chi connectivity index (χ4v) is 4.89. The van der Waals surface area contributed by atoms with Gasteiger partial charge in [0.05, 0.1) is 18.0 Å². The van der Waals surface area contributed by atoms with E-state index in [-0.39, 0.29) is 6.04 Å². The van der Waals surface area contributed by atoms with Crippen molar-refractivity contribution in [1.29, 1.82) is 0 Å². The fourth-order valence-electron chi connectivity index (χ4n) is 3.37. The first-order chi connectivity index (χ1) is 12.3. The van der Waals surface area contributed by atoms with E-state index in [0.717, 1.165) is 22.4 Å². The predicted octanol–water partition coefficient (Wildman–Crippen LogP) is 2.99. The van der Waals surface area contributed by atoms with Crippen LogP contribution in [0.4, 0.5) is 0 Å². The Labute approximate surface area is 156 Å². The van der Waals surface area contributed by atoms with Gasteiger partial charge in [-0.3, -0.25) is 4.90 Å². The molecule has 1 fully saturated rings. The van der Waals surface area contributed by atoms with Crippen LogP contribution in [0.15, 0.2) is 47.4 Å². The topological polar surface area (TPSA) is 49.9 Å². The number of ether oxygens (including phenoxy) is 1. The van der Waals surface area contributed by atoms with E-state index in [0.29, 0.717) is 24.5 Å². The number of hydrogen-bond donors (Lipinski definition) is 0. The van der Waals surface area contributed by atoms with Crippen LogP contribution >= 0.6 is 0 Å². The minimum atomic E-state index is -3.52. The van der Waals surface area contributed by atoms with E-state index in [2.05, 4.69) is 4.90 Å². The van der Waals surface area contributed by atoms with Gasteiger partial charge in [0.2, 0.25) is 10.0 Å². The standard InChI is InChI=1S/C20H26N2O3S/c1-15-9-10-17(13-16(15)2)26(23,24)22-12-11-21(3)19(14-22)18-7-5-6-8-20(18)25-4/h5-10,13,19H,11-12,14H2,1-4H3. The molecule has 6 heteroatoms. The minimum Gasteiger partial charge on any atom is -0.496 e. The molecule has 0 amide bonds. The molecule has 0 spiro atoms. The second kappa shape index (κ2) is 7.39. The van der Waals surface area contributed by atoms with E-state index >= 15 is 0 Å². The van der Waals surface area contributed by atoms with Crippen LogP contribution in [0.5, 0.6) is 5.75 Å². The Morgan fingerprint density at radius 3 is 2.46 bits per heavy atom. The molecule has 26 heavy (non-hydrogen) atoms. The summed E-state index contributed by atoms with van der Waals surface area (Å²) in [7, 11) is 0.150. The zero-order valence-electron chi connectivity index (χ0n) is 15.8. The quantitative estimate of drug-likeness (QED) is 0.826. The van der Waals surface area contributed by atoms with Crippen LogP contribution in [0.25, 0.3) is 0 Å². The Kier molecular flexibility index (Phi) is 5.37. The molecular formula is C20H26N2O3S. The monoisotopic (exact) mass is 374 g/mol. The SMILES string of the molecule is COc1ccccc1C1CN(S(=O)(=O)c2ccc(C)c(C)c2)CCN1C. The van der Waals surface area contributed by atoms with Crippen molar-refractivity contribution >= 4 is 10.0 Å². The highest BCUT2D eigenvalue weighted by molar-refractivity contribution is 7.89. The first-order valence-corrected chi connectivity index (χ1v) is 10.2. The second-order valence-corrected chi connectivity index (χ2v) is 8.79. The highest BCUT2D eigenvalue weighted by atomic mass is 32.2. The zero-order valence-corrected chi connectivity index (χ0v) is 16.6. The van der Waals surface area contributed by atoms with Gasteiger partial charge in [0.15, 0.2) is 0 Å². The molecule has 0 radical (unpaired) electrons. The number of rotatable bonds is 4. The summed E-state index contributed by atoms with van der Waals surface area (Å²) in [5, 5.41) is 0. The van der Waals surface area contributed by atoms with E-state index in [9.17, 15) is 8.42 Å². The van der Waals surface area contributed by atoms with Crippen LogP contribution in [-0.4, -0.2) is 51.4 Å². The van der Waals surface area contributed by atoms with Crippen LogP contribution in [0, 0.1) is 13.8 Å². The summed E-state index contributed by atoms with van der Waals surface area (Å²) in [6, 6.07) is 13.1. The van der Waals surface area contributed by atoms with E-state index < -0.39 is 10.0 Å². The predicted molar refractivity (Wildman–Crippen MR) is 103 cm³/mol. The highest BCUT2D eigenvalue weighted by Crippen LogP contribution is 2.33. The lowest BCUT2D eigenvalue weighted by Gasteiger charge is -2.39. The van der Waals surface area contributed by atoms with Crippen molar-refractivity contribution in [2.75, 3.05) is 33.8 Å². The van der Waals surface area contributed by atoms with Gasteiger partial charge in [-0.1, -0.05) is 24.3 Å². The molecule has 2 aromatic carbocycles. The smallest absolute Gasteiger partial charge is 0.243 e. The maximum Gasteiger partial charge on any atom is 0.243 e. The molecule has 0 aliphatic carbocycles. The van der Waals surface area contributed by atoms with Gasteiger partial charge in [-0.15, -0.1) is 0 Å². The molecule has 1 atom stereocenters. The van der Waals surface area contributed by atoms with Crippen LogP contribution < -0.4 is 4.74 Å². The molecule has 0 bridgehead atoms. The van der Waals surface area contributed by atoms with Gasteiger partial charge in [0, 0.05) is 25.2 Å². The third-order valence-corrected chi connectivity index (χ3v) is 7.09. The number of aryl methyl sites for hydroxylation is 2. The first kappa shape index (κ1) is 18.9. The van der Waals surface area contributed by atoms with Crippen molar-refractivity contribution in [1.82, 2.24) is 9.21 Å². The molecule has 140 valence electrons. The number of piperazine rings is 1. The van der Waals surface area contributed by atoms with Gasteiger partial charge in [0.25, 0.3) is 0 Å². The number of sulfonamides is 1. The molecule has 0 saturated carbocycles. The number of nitrogens with zero attached hydrogens (tertiary/aromatic N) is 2. The Bertz CT molecular complexity index is 896. The summed E-state index contributed by atoms with van der Waals surface area (Å²) in [5.74, 6) is 0.787. The molecule has 0 N–H and O–H groups in total. The number of methoxy groups -OCH3 is 1. The van der Waals surface area contributed by atoms with Crippen LogP contribution in [0.1, 0.15) is 22.7 Å². The molecule has 5 nitrogen and oxygen atoms in total. The largest absolute Gasteiger partial charge is 0.496 e. The van der Waals surface area contributed by atoms with Gasteiger partial charge in [-0.2, -0.15) is 4.31 Å². The Morgan fingerprint density at radius 1 is 1.04 bits per heavy atom. The van der Waals surface area contributed by atoms with Gasteiger partial charge < -0.3 is 4.74 Å². The molecule has 1 unspecified atom stereocenters. The lowest BCUT2D eigenvalue weighted by Crippen LogP contribution is -2.48. The van der Waals surface area contributed by atoms with E-state index in [1.165, 1.54) is 0 Å². The molecule has 1 heterocycles. The fraction of sp³-hybridized carbons (Fsp3) is 0.400. The number of hydrogen-bond acceptors (Lipinski definition) is 4. The molecule has 3 rings (SSSR count). The number of benzene rings is 2. The average Bonchev–Trinajstić information content (AvgIpc) is 2.64. The summed E-state index contributed by atoms with van der Waals surface area (Å²) in [6.45, 7) is 5.49. The third-order valence-electron chi connectivity index (χ3n) is 5.22. The second-order valence-electron chi connectivity index (χ2n) is 6.85. The van der Waals surface area contributed by atoms with Gasteiger partial charge >= 0.3 is 0 Å².